The average Bonchev–Trinajstić information content (AvgIpc) is 2.75. The standard InChI is InChI=1S/C12H15N3OS/c1-8(2)6-14-12-15-10(7-17-12)9-4-3-5-13-11(9)16/h3-5,7-8H,6H2,1-2H3,(H,13,16)(H,14,15). The zero-order valence-corrected chi connectivity index (χ0v) is 10.7. The number of aromatic amines is 1. The lowest BCUT2D eigenvalue weighted by molar-refractivity contribution is 0.688. The lowest BCUT2D eigenvalue weighted by Crippen LogP contribution is -2.08. The van der Waals surface area contributed by atoms with E-state index in [0.717, 1.165) is 17.4 Å². The molecule has 90 valence electrons. The fraction of sp³-hybridized carbons (Fsp3) is 0.333. The van der Waals surface area contributed by atoms with E-state index in [0.29, 0.717) is 11.5 Å². The molecule has 5 heteroatoms. The van der Waals surface area contributed by atoms with Crippen LogP contribution in [-0.4, -0.2) is 16.5 Å². The number of nitrogens with one attached hydrogen (secondary N) is 2. The minimum atomic E-state index is -0.104. The van der Waals surface area contributed by atoms with Crippen molar-refractivity contribution >= 4 is 16.5 Å². The molecule has 0 saturated heterocycles. The topological polar surface area (TPSA) is 57.8 Å². The van der Waals surface area contributed by atoms with Crippen molar-refractivity contribution in [1.29, 1.82) is 0 Å². The number of H-pyrrole nitrogens is 1. The number of pyridine rings is 1. The third-order valence-electron chi connectivity index (χ3n) is 2.26. The molecule has 0 fully saturated rings. The Labute approximate surface area is 104 Å². The van der Waals surface area contributed by atoms with Crippen molar-refractivity contribution in [2.75, 3.05) is 11.9 Å². The van der Waals surface area contributed by atoms with Crippen molar-refractivity contribution in [2.24, 2.45) is 5.92 Å². The molecule has 0 aliphatic heterocycles. The van der Waals surface area contributed by atoms with Crippen LogP contribution in [-0.2, 0) is 0 Å². The highest BCUT2D eigenvalue weighted by Gasteiger charge is 2.07. The summed E-state index contributed by atoms with van der Waals surface area (Å²) in [5.41, 5.74) is 1.23. The van der Waals surface area contributed by atoms with Gasteiger partial charge in [0.15, 0.2) is 5.13 Å². The van der Waals surface area contributed by atoms with Crippen LogP contribution in [0.1, 0.15) is 13.8 Å². The van der Waals surface area contributed by atoms with Gasteiger partial charge in [0.2, 0.25) is 0 Å². The largest absolute Gasteiger partial charge is 0.361 e. The summed E-state index contributed by atoms with van der Waals surface area (Å²) in [7, 11) is 0. The maximum absolute atomic E-state index is 11.6. The summed E-state index contributed by atoms with van der Waals surface area (Å²) in [6, 6.07) is 3.58. The number of rotatable bonds is 4. The van der Waals surface area contributed by atoms with E-state index in [1.165, 1.54) is 11.3 Å². The third-order valence-corrected chi connectivity index (χ3v) is 3.06. The van der Waals surface area contributed by atoms with Gasteiger partial charge in [-0.3, -0.25) is 4.79 Å². The highest BCUT2D eigenvalue weighted by atomic mass is 32.1. The summed E-state index contributed by atoms with van der Waals surface area (Å²) < 4.78 is 0. The van der Waals surface area contributed by atoms with Crippen molar-refractivity contribution in [3.05, 3.63) is 34.1 Å². The summed E-state index contributed by atoms with van der Waals surface area (Å²) in [4.78, 5) is 18.6. The molecular formula is C12H15N3OS. The summed E-state index contributed by atoms with van der Waals surface area (Å²) >= 11 is 1.52. The van der Waals surface area contributed by atoms with Gasteiger partial charge in [0.25, 0.3) is 5.56 Å². The zero-order chi connectivity index (χ0) is 12.3. The molecule has 0 bridgehead atoms. The van der Waals surface area contributed by atoms with E-state index >= 15 is 0 Å². The SMILES string of the molecule is CC(C)CNc1nc(-c2ccc[nH]c2=O)cs1. The highest BCUT2D eigenvalue weighted by molar-refractivity contribution is 7.14. The van der Waals surface area contributed by atoms with Gasteiger partial charge in [0.05, 0.1) is 11.3 Å². The Morgan fingerprint density at radius 1 is 1.53 bits per heavy atom. The van der Waals surface area contributed by atoms with E-state index in [-0.39, 0.29) is 5.56 Å². The summed E-state index contributed by atoms with van der Waals surface area (Å²) in [5.74, 6) is 0.572. The van der Waals surface area contributed by atoms with Gasteiger partial charge < -0.3 is 10.3 Å². The molecule has 0 unspecified atom stereocenters. The molecule has 0 aromatic carbocycles. The van der Waals surface area contributed by atoms with Crippen LogP contribution in [0.5, 0.6) is 0 Å². The van der Waals surface area contributed by atoms with Crippen molar-refractivity contribution in [1.82, 2.24) is 9.97 Å². The van der Waals surface area contributed by atoms with Crippen molar-refractivity contribution in [2.45, 2.75) is 13.8 Å². The number of hydrogen-bond donors (Lipinski definition) is 2. The second kappa shape index (κ2) is 5.14. The van der Waals surface area contributed by atoms with Gasteiger partial charge >= 0.3 is 0 Å². The molecule has 0 amide bonds. The first-order valence-electron chi connectivity index (χ1n) is 5.54. The quantitative estimate of drug-likeness (QED) is 0.875. The number of aromatic nitrogens is 2. The first-order valence-corrected chi connectivity index (χ1v) is 6.42. The molecule has 0 saturated carbocycles. The van der Waals surface area contributed by atoms with Crippen LogP contribution in [0.15, 0.2) is 28.5 Å². The van der Waals surface area contributed by atoms with E-state index < -0.39 is 0 Å². The zero-order valence-electron chi connectivity index (χ0n) is 9.86. The van der Waals surface area contributed by atoms with Gasteiger partial charge in [-0.25, -0.2) is 4.98 Å². The first-order chi connectivity index (χ1) is 8.16. The minimum absolute atomic E-state index is 0.104. The van der Waals surface area contributed by atoms with Crippen LogP contribution >= 0.6 is 11.3 Å². The molecule has 2 aromatic rings. The molecule has 2 heterocycles. The molecule has 0 radical (unpaired) electrons. The number of thiazole rings is 1. The summed E-state index contributed by atoms with van der Waals surface area (Å²) in [6.07, 6.45) is 1.62. The van der Waals surface area contributed by atoms with Crippen LogP contribution in [0.2, 0.25) is 0 Å². The van der Waals surface area contributed by atoms with Gasteiger partial charge in [-0.1, -0.05) is 13.8 Å². The molecule has 0 spiro atoms. The highest BCUT2D eigenvalue weighted by Crippen LogP contribution is 2.22. The number of anilines is 1. The van der Waals surface area contributed by atoms with E-state index in [1.807, 2.05) is 5.38 Å². The smallest absolute Gasteiger partial charge is 0.257 e. The van der Waals surface area contributed by atoms with E-state index in [4.69, 9.17) is 0 Å². The van der Waals surface area contributed by atoms with Crippen molar-refractivity contribution in [3.8, 4) is 11.3 Å². The summed E-state index contributed by atoms with van der Waals surface area (Å²) in [6.45, 7) is 5.17. The van der Waals surface area contributed by atoms with Crippen molar-refractivity contribution < 1.29 is 0 Å². The average molecular weight is 249 g/mol. The monoisotopic (exact) mass is 249 g/mol. The second-order valence-corrected chi connectivity index (χ2v) is 5.08. The van der Waals surface area contributed by atoms with Gasteiger partial charge in [-0.2, -0.15) is 0 Å². The molecular weight excluding hydrogens is 234 g/mol. The minimum Gasteiger partial charge on any atom is -0.361 e. The Bertz CT molecular complexity index is 544. The molecule has 2 N–H and O–H groups in total. The first kappa shape index (κ1) is 11.9. The molecule has 4 nitrogen and oxygen atoms in total. The van der Waals surface area contributed by atoms with E-state index in [1.54, 1.807) is 18.3 Å². The molecule has 0 atom stereocenters. The van der Waals surface area contributed by atoms with Crippen LogP contribution in [0.3, 0.4) is 0 Å². The Hall–Kier alpha value is -1.62. The Balaban J connectivity index is 2.19. The number of nitrogens with zero attached hydrogens (tertiary/aromatic N) is 1. The van der Waals surface area contributed by atoms with Gasteiger partial charge in [-0.05, 0) is 18.1 Å². The Morgan fingerprint density at radius 3 is 3.06 bits per heavy atom. The lowest BCUT2D eigenvalue weighted by Gasteiger charge is -2.04. The van der Waals surface area contributed by atoms with Crippen LogP contribution in [0, 0.1) is 5.92 Å². The third kappa shape index (κ3) is 2.94. The van der Waals surface area contributed by atoms with E-state index in [2.05, 4.69) is 29.1 Å². The maximum Gasteiger partial charge on any atom is 0.257 e. The van der Waals surface area contributed by atoms with Crippen LogP contribution < -0.4 is 10.9 Å². The normalized spacial score (nSPS) is 10.8. The van der Waals surface area contributed by atoms with Gasteiger partial charge in [-0.15, -0.1) is 11.3 Å². The van der Waals surface area contributed by atoms with Gasteiger partial charge in [0.1, 0.15) is 0 Å². The van der Waals surface area contributed by atoms with Crippen LogP contribution in [0.4, 0.5) is 5.13 Å². The fourth-order valence-electron chi connectivity index (χ4n) is 1.39. The molecule has 0 aliphatic rings. The number of hydrogen-bond acceptors (Lipinski definition) is 4. The summed E-state index contributed by atoms with van der Waals surface area (Å²) in [5, 5.41) is 6.00. The fourth-order valence-corrected chi connectivity index (χ4v) is 2.11. The molecule has 17 heavy (non-hydrogen) atoms. The lowest BCUT2D eigenvalue weighted by atomic mass is 10.2. The Morgan fingerprint density at radius 2 is 2.35 bits per heavy atom. The second-order valence-electron chi connectivity index (χ2n) is 4.23. The van der Waals surface area contributed by atoms with E-state index in [9.17, 15) is 4.79 Å². The molecule has 0 aliphatic carbocycles. The maximum atomic E-state index is 11.6. The van der Waals surface area contributed by atoms with Crippen molar-refractivity contribution in [3.63, 3.8) is 0 Å². The van der Waals surface area contributed by atoms with Crippen LogP contribution in [0.25, 0.3) is 11.3 Å². The van der Waals surface area contributed by atoms with Gasteiger partial charge in [0, 0.05) is 18.1 Å². The predicted octanol–water partition coefficient (Wildman–Crippen LogP) is 2.57. The Kier molecular flexibility index (Phi) is 3.58. The molecule has 2 rings (SSSR count). The molecule has 2 aromatic heterocycles. The predicted molar refractivity (Wildman–Crippen MR) is 71.5 cm³/mol.